The van der Waals surface area contributed by atoms with Crippen LogP contribution >= 0.6 is 0 Å². The lowest BCUT2D eigenvalue weighted by Crippen LogP contribution is -2.37. The van der Waals surface area contributed by atoms with E-state index in [-0.39, 0.29) is 5.78 Å². The van der Waals surface area contributed by atoms with Crippen LogP contribution in [0.4, 0.5) is 0 Å². The molecular weight excluding hydrogens is 204 g/mol. The molecule has 0 saturated carbocycles. The van der Waals surface area contributed by atoms with Gasteiger partial charge in [-0.2, -0.15) is 0 Å². The van der Waals surface area contributed by atoms with Crippen molar-refractivity contribution in [3.05, 3.63) is 29.8 Å². The highest BCUT2D eigenvalue weighted by molar-refractivity contribution is 6.02. The average Bonchev–Trinajstić information content (AvgIpc) is 2.37. The van der Waals surface area contributed by atoms with Crippen molar-refractivity contribution in [3.63, 3.8) is 0 Å². The van der Waals surface area contributed by atoms with Gasteiger partial charge in [0.15, 0.2) is 5.78 Å². The van der Waals surface area contributed by atoms with Crippen LogP contribution in [0.15, 0.2) is 24.3 Å². The number of rotatable bonds is 5. The van der Waals surface area contributed by atoms with Crippen LogP contribution in [0.1, 0.15) is 37.0 Å². The quantitative estimate of drug-likeness (QED) is 0.778. The normalized spacial score (nSPS) is 11.2. The molecule has 1 aromatic carbocycles. The number of methoxy groups -OCH3 is 1. The Morgan fingerprint density at radius 1 is 1.25 bits per heavy atom. The fourth-order valence-electron chi connectivity index (χ4n) is 1.58. The Morgan fingerprint density at radius 2 is 1.75 bits per heavy atom. The molecule has 0 fully saturated rings. The summed E-state index contributed by atoms with van der Waals surface area (Å²) in [7, 11) is 1.57. The zero-order chi connectivity index (χ0) is 12.2. The average molecular weight is 222 g/mol. The van der Waals surface area contributed by atoms with Crippen LogP contribution in [-0.2, 0) is 0 Å². The second-order valence-electron chi connectivity index (χ2n) is 3.80. The van der Waals surface area contributed by atoms with Crippen molar-refractivity contribution in [2.24, 2.45) is 0 Å². The number of ketones is 1. The summed E-state index contributed by atoms with van der Waals surface area (Å²) >= 11 is 0. The Hall–Kier alpha value is -1.35. The third kappa shape index (κ3) is 2.42. The molecule has 3 nitrogen and oxygen atoms in total. The number of hydrogen-bond donors (Lipinski definition) is 1. The number of carbonyl (C=O) groups is 1. The maximum absolute atomic E-state index is 12.0. The fraction of sp³-hybridized carbons (Fsp3) is 0.462. The predicted molar refractivity (Wildman–Crippen MR) is 62.9 cm³/mol. The number of carbonyl (C=O) groups excluding carboxylic acids is 1. The first-order valence-corrected chi connectivity index (χ1v) is 5.48. The van der Waals surface area contributed by atoms with Crippen LogP contribution in [-0.4, -0.2) is 23.6 Å². The summed E-state index contributed by atoms with van der Waals surface area (Å²) in [6.45, 7) is 3.62. The van der Waals surface area contributed by atoms with E-state index in [0.29, 0.717) is 24.2 Å². The van der Waals surface area contributed by atoms with Crippen LogP contribution in [0.3, 0.4) is 0 Å². The summed E-state index contributed by atoms with van der Waals surface area (Å²) in [6.07, 6.45) is 0.850. The van der Waals surface area contributed by atoms with Crippen molar-refractivity contribution in [1.29, 1.82) is 0 Å². The van der Waals surface area contributed by atoms with Crippen LogP contribution in [0, 0.1) is 0 Å². The lowest BCUT2D eigenvalue weighted by Gasteiger charge is -2.23. The summed E-state index contributed by atoms with van der Waals surface area (Å²) in [5.74, 6) is 0.480. The van der Waals surface area contributed by atoms with Gasteiger partial charge in [0.05, 0.1) is 7.11 Å². The van der Waals surface area contributed by atoms with E-state index in [0.717, 1.165) is 0 Å². The number of Topliss-reactive ketones (excluding diaryl/α,β-unsaturated/α-hetero) is 1. The molecule has 0 aliphatic rings. The highest BCUT2D eigenvalue weighted by Crippen LogP contribution is 2.22. The molecule has 1 aromatic rings. The lowest BCUT2D eigenvalue weighted by atomic mass is 9.88. The van der Waals surface area contributed by atoms with Crippen LogP contribution in [0.25, 0.3) is 0 Å². The van der Waals surface area contributed by atoms with E-state index in [1.165, 1.54) is 0 Å². The molecule has 16 heavy (non-hydrogen) atoms. The zero-order valence-corrected chi connectivity index (χ0v) is 9.99. The van der Waals surface area contributed by atoms with Crippen molar-refractivity contribution < 1.29 is 14.6 Å². The molecule has 0 bridgehead atoms. The molecule has 0 aromatic heterocycles. The third-order valence-electron chi connectivity index (χ3n) is 2.94. The number of benzene rings is 1. The van der Waals surface area contributed by atoms with Gasteiger partial charge in [0.25, 0.3) is 0 Å². The molecule has 0 heterocycles. The molecule has 0 spiro atoms. The summed E-state index contributed by atoms with van der Waals surface area (Å²) in [6, 6.07) is 6.80. The molecule has 1 N–H and O–H groups in total. The van der Waals surface area contributed by atoms with Crippen molar-refractivity contribution >= 4 is 5.78 Å². The van der Waals surface area contributed by atoms with E-state index in [4.69, 9.17) is 4.74 Å². The third-order valence-corrected chi connectivity index (χ3v) is 2.94. The van der Waals surface area contributed by atoms with E-state index in [2.05, 4.69) is 0 Å². The summed E-state index contributed by atoms with van der Waals surface area (Å²) in [5, 5.41) is 10.1. The van der Waals surface area contributed by atoms with Gasteiger partial charge < -0.3 is 9.84 Å². The number of aliphatic hydroxyl groups is 1. The first kappa shape index (κ1) is 12.7. The molecule has 88 valence electrons. The molecule has 0 saturated heterocycles. The second-order valence-corrected chi connectivity index (χ2v) is 3.80. The van der Waals surface area contributed by atoms with E-state index < -0.39 is 5.60 Å². The van der Waals surface area contributed by atoms with E-state index in [1.807, 2.05) is 13.8 Å². The highest BCUT2D eigenvalue weighted by Gasteiger charge is 2.32. The minimum atomic E-state index is -1.24. The monoisotopic (exact) mass is 222 g/mol. The van der Waals surface area contributed by atoms with Gasteiger partial charge in [0, 0.05) is 5.56 Å². The Kier molecular flexibility index (Phi) is 4.07. The summed E-state index contributed by atoms with van der Waals surface area (Å²) in [5.41, 5.74) is -0.721. The van der Waals surface area contributed by atoms with Gasteiger partial charge in [-0.25, -0.2) is 0 Å². The molecule has 0 unspecified atom stereocenters. The van der Waals surface area contributed by atoms with Crippen LogP contribution in [0.5, 0.6) is 5.75 Å². The maximum Gasteiger partial charge on any atom is 0.194 e. The topological polar surface area (TPSA) is 46.5 Å². The Bertz CT molecular complexity index is 350. The van der Waals surface area contributed by atoms with Crippen molar-refractivity contribution in [3.8, 4) is 5.75 Å². The van der Waals surface area contributed by atoms with E-state index in [9.17, 15) is 9.90 Å². The Balaban J connectivity index is 2.95. The molecule has 0 aliphatic carbocycles. The standard InChI is InChI=1S/C13H18O3/c1-4-13(15,5-2)12(14)10-6-8-11(16-3)9-7-10/h6-9,15H,4-5H2,1-3H3. The molecule has 0 aliphatic heterocycles. The molecule has 1 rings (SSSR count). The maximum atomic E-state index is 12.0. The molecular formula is C13H18O3. The van der Waals surface area contributed by atoms with Crippen molar-refractivity contribution in [1.82, 2.24) is 0 Å². The number of ether oxygens (including phenoxy) is 1. The van der Waals surface area contributed by atoms with Crippen molar-refractivity contribution in [2.45, 2.75) is 32.3 Å². The molecule has 0 radical (unpaired) electrons. The molecule has 3 heteroatoms. The molecule has 0 atom stereocenters. The van der Waals surface area contributed by atoms with Gasteiger partial charge in [-0.1, -0.05) is 13.8 Å². The predicted octanol–water partition coefficient (Wildman–Crippen LogP) is 2.43. The van der Waals surface area contributed by atoms with Gasteiger partial charge in [-0.05, 0) is 37.1 Å². The van der Waals surface area contributed by atoms with Gasteiger partial charge in [0.2, 0.25) is 0 Å². The van der Waals surface area contributed by atoms with E-state index >= 15 is 0 Å². The van der Waals surface area contributed by atoms with Crippen molar-refractivity contribution in [2.75, 3.05) is 7.11 Å². The van der Waals surface area contributed by atoms with Gasteiger partial charge in [-0.15, -0.1) is 0 Å². The second kappa shape index (κ2) is 5.12. The zero-order valence-electron chi connectivity index (χ0n) is 9.99. The van der Waals surface area contributed by atoms with Crippen LogP contribution in [0.2, 0.25) is 0 Å². The summed E-state index contributed by atoms with van der Waals surface area (Å²) < 4.78 is 5.01. The van der Waals surface area contributed by atoms with Gasteiger partial charge >= 0.3 is 0 Å². The largest absolute Gasteiger partial charge is 0.497 e. The highest BCUT2D eigenvalue weighted by atomic mass is 16.5. The smallest absolute Gasteiger partial charge is 0.194 e. The van der Waals surface area contributed by atoms with E-state index in [1.54, 1.807) is 31.4 Å². The number of hydrogen-bond acceptors (Lipinski definition) is 3. The van der Waals surface area contributed by atoms with Gasteiger partial charge in [0.1, 0.15) is 11.4 Å². The van der Waals surface area contributed by atoms with Crippen LogP contribution < -0.4 is 4.74 Å². The first-order chi connectivity index (χ1) is 7.57. The Morgan fingerprint density at radius 3 is 2.12 bits per heavy atom. The van der Waals surface area contributed by atoms with Gasteiger partial charge in [-0.3, -0.25) is 4.79 Å². The molecule has 0 amide bonds. The SMILES string of the molecule is CCC(O)(CC)C(=O)c1ccc(OC)cc1. The lowest BCUT2D eigenvalue weighted by molar-refractivity contribution is 0.0277. The first-order valence-electron chi connectivity index (χ1n) is 5.48. The minimum Gasteiger partial charge on any atom is -0.497 e. The Labute approximate surface area is 96.1 Å². The fourth-order valence-corrected chi connectivity index (χ4v) is 1.58. The summed E-state index contributed by atoms with van der Waals surface area (Å²) in [4.78, 5) is 12.0. The minimum absolute atomic E-state index is 0.222.